The summed E-state index contributed by atoms with van der Waals surface area (Å²) in [4.78, 5) is 32.9. The van der Waals surface area contributed by atoms with E-state index < -0.39 is 11.2 Å². The lowest BCUT2D eigenvalue weighted by molar-refractivity contribution is 0.0234. The monoisotopic (exact) mass is 962 g/mol. The van der Waals surface area contributed by atoms with Crippen LogP contribution in [0.3, 0.4) is 0 Å². The standard InChI is InChI=1S/C62H66N4O6/c1-9-63(10-2)43-33-35-51(61(49-29-19-15-25-45(49)59(67)71-61)57-41(7)65(13-5)53-31-21-17-27-47(53)57)55(39-43)69-37-23-24-38-70-56-40-44(64(11-3)12-4)34-36-52(56)62(50-30-20-16-26-46(50)60(68)72-62)58-42(8)66(14-6)54-32-22-18-28-48(54)58/h15-22,25-36,39-40H,9-14,23-24,37-38H2,1-8H3. The van der Waals surface area contributed by atoms with Crippen LogP contribution in [0.25, 0.3) is 21.8 Å². The summed E-state index contributed by atoms with van der Waals surface area (Å²) < 4.78 is 32.2. The lowest BCUT2D eigenvalue weighted by atomic mass is 9.78. The number of aromatic nitrogens is 2. The van der Waals surface area contributed by atoms with Gasteiger partial charge in [0.25, 0.3) is 0 Å². The normalized spacial score (nSPS) is 17.0. The van der Waals surface area contributed by atoms with Crippen LogP contribution in [0.15, 0.2) is 133 Å². The third-order valence-electron chi connectivity index (χ3n) is 15.3. The van der Waals surface area contributed by atoms with Crippen LogP contribution in [0, 0.1) is 13.8 Å². The topological polar surface area (TPSA) is 87.4 Å². The number of rotatable bonds is 19. The highest BCUT2D eigenvalue weighted by molar-refractivity contribution is 6.00. The smallest absolute Gasteiger partial charge is 0.340 e. The van der Waals surface area contributed by atoms with Crippen molar-refractivity contribution in [2.45, 2.75) is 92.5 Å². The summed E-state index contributed by atoms with van der Waals surface area (Å²) in [6, 6.07) is 45.0. The summed E-state index contributed by atoms with van der Waals surface area (Å²) in [5.74, 6) is 0.610. The highest BCUT2D eigenvalue weighted by Crippen LogP contribution is 2.55. The highest BCUT2D eigenvalue weighted by atomic mass is 16.6. The molecule has 72 heavy (non-hydrogen) atoms. The maximum atomic E-state index is 14.1. The van der Waals surface area contributed by atoms with Gasteiger partial charge in [0, 0.05) is 129 Å². The van der Waals surface area contributed by atoms with Crippen molar-refractivity contribution in [1.29, 1.82) is 0 Å². The summed E-state index contributed by atoms with van der Waals surface area (Å²) in [5, 5.41) is 2.07. The first-order valence-corrected chi connectivity index (χ1v) is 26.0. The number of benzene rings is 6. The molecule has 370 valence electrons. The molecule has 0 fully saturated rings. The zero-order valence-electron chi connectivity index (χ0n) is 43.0. The number of hydrogen-bond donors (Lipinski definition) is 0. The van der Waals surface area contributed by atoms with Crippen LogP contribution in [-0.2, 0) is 33.8 Å². The Morgan fingerprint density at radius 2 is 0.847 bits per heavy atom. The molecule has 0 spiro atoms. The Balaban J connectivity index is 1.01. The van der Waals surface area contributed by atoms with Crippen molar-refractivity contribution in [2.75, 3.05) is 49.2 Å². The van der Waals surface area contributed by atoms with Gasteiger partial charge in [0.15, 0.2) is 11.2 Å². The molecule has 2 aliphatic rings. The van der Waals surface area contributed by atoms with Gasteiger partial charge in [0.2, 0.25) is 0 Å². The van der Waals surface area contributed by atoms with Crippen LogP contribution < -0.4 is 19.3 Å². The first-order valence-electron chi connectivity index (χ1n) is 26.0. The quantitative estimate of drug-likeness (QED) is 0.0585. The van der Waals surface area contributed by atoms with E-state index in [0.29, 0.717) is 48.7 Å². The molecule has 6 aromatic carbocycles. The first kappa shape index (κ1) is 48.2. The molecular formula is C62H66N4O6. The van der Waals surface area contributed by atoms with Crippen molar-refractivity contribution in [3.63, 3.8) is 0 Å². The second-order valence-electron chi connectivity index (χ2n) is 18.8. The number of para-hydroxylation sites is 2. The van der Waals surface area contributed by atoms with Gasteiger partial charge in [0.05, 0.1) is 24.3 Å². The number of nitrogens with zero attached hydrogens (tertiary/aromatic N) is 4. The van der Waals surface area contributed by atoms with Crippen LogP contribution in [0.2, 0.25) is 0 Å². The molecule has 0 amide bonds. The molecule has 0 bridgehead atoms. The Bertz CT molecular complexity index is 3120. The van der Waals surface area contributed by atoms with E-state index in [-0.39, 0.29) is 11.9 Å². The van der Waals surface area contributed by atoms with E-state index in [0.717, 1.165) is 117 Å². The number of fused-ring (bicyclic) bond motifs is 4. The van der Waals surface area contributed by atoms with E-state index in [1.165, 1.54) is 0 Å². The molecule has 0 aliphatic carbocycles. The Morgan fingerprint density at radius 3 is 1.24 bits per heavy atom. The van der Waals surface area contributed by atoms with Gasteiger partial charge in [-0.1, -0.05) is 72.8 Å². The van der Waals surface area contributed by atoms with Gasteiger partial charge in [0.1, 0.15) is 11.5 Å². The van der Waals surface area contributed by atoms with Crippen LogP contribution in [0.5, 0.6) is 11.5 Å². The minimum absolute atomic E-state index is 0.359. The third-order valence-corrected chi connectivity index (χ3v) is 15.3. The number of cyclic esters (lactones) is 2. The van der Waals surface area contributed by atoms with Crippen molar-refractivity contribution in [2.24, 2.45) is 0 Å². The number of hydrogen-bond acceptors (Lipinski definition) is 8. The molecule has 8 aromatic rings. The van der Waals surface area contributed by atoms with E-state index in [9.17, 15) is 9.59 Å². The van der Waals surface area contributed by atoms with Crippen molar-refractivity contribution in [3.8, 4) is 11.5 Å². The molecule has 10 rings (SSSR count). The molecule has 2 aliphatic heterocycles. The SMILES string of the molecule is CCN(CC)c1ccc(C2(c3c(C)n(CC)c4ccccc34)OC(=O)c3ccccc32)c(OCCCCOc2cc(N(CC)CC)ccc2C2(c3c(C)n(CC)c4ccccc34)OC(=O)c3ccccc32)c1. The maximum Gasteiger partial charge on any atom is 0.340 e. The molecular weight excluding hydrogens is 897 g/mol. The number of ether oxygens (including phenoxy) is 4. The van der Waals surface area contributed by atoms with Crippen LogP contribution >= 0.6 is 0 Å². The van der Waals surface area contributed by atoms with Crippen molar-refractivity contribution in [1.82, 2.24) is 9.13 Å². The molecule has 2 aromatic heterocycles. The van der Waals surface area contributed by atoms with E-state index in [2.05, 4.69) is 159 Å². The lowest BCUT2D eigenvalue weighted by Gasteiger charge is -2.33. The van der Waals surface area contributed by atoms with E-state index in [4.69, 9.17) is 18.9 Å². The van der Waals surface area contributed by atoms with Crippen LogP contribution in [0.4, 0.5) is 11.4 Å². The second-order valence-corrected chi connectivity index (χ2v) is 18.8. The van der Waals surface area contributed by atoms with Crippen molar-refractivity contribution < 1.29 is 28.5 Å². The average Bonchev–Trinajstić information content (AvgIpc) is 4.08. The summed E-state index contributed by atoms with van der Waals surface area (Å²) in [6.07, 6.45) is 1.34. The summed E-state index contributed by atoms with van der Waals surface area (Å²) in [7, 11) is 0. The number of aryl methyl sites for hydroxylation is 2. The van der Waals surface area contributed by atoms with E-state index in [1.54, 1.807) is 0 Å². The largest absolute Gasteiger partial charge is 0.493 e. The van der Waals surface area contributed by atoms with Gasteiger partial charge in [-0.05, 0) is 117 Å². The van der Waals surface area contributed by atoms with Crippen molar-refractivity contribution in [3.05, 3.63) is 189 Å². The van der Waals surface area contributed by atoms with Gasteiger partial charge >= 0.3 is 11.9 Å². The minimum Gasteiger partial charge on any atom is -0.493 e. The number of unbranched alkanes of at least 4 members (excludes halogenated alkanes) is 1. The van der Waals surface area contributed by atoms with E-state index >= 15 is 0 Å². The van der Waals surface area contributed by atoms with Gasteiger partial charge < -0.3 is 37.9 Å². The summed E-state index contributed by atoms with van der Waals surface area (Å²) in [6.45, 7) is 22.8. The van der Waals surface area contributed by atoms with Crippen LogP contribution in [-0.4, -0.2) is 60.5 Å². The van der Waals surface area contributed by atoms with Gasteiger partial charge in [-0.3, -0.25) is 0 Å². The van der Waals surface area contributed by atoms with Crippen molar-refractivity contribution >= 4 is 45.1 Å². The zero-order valence-corrected chi connectivity index (χ0v) is 43.0. The first-order chi connectivity index (χ1) is 35.1. The Kier molecular flexibility index (Phi) is 13.1. The van der Waals surface area contributed by atoms with Crippen LogP contribution in [0.1, 0.15) is 120 Å². The van der Waals surface area contributed by atoms with Gasteiger partial charge in [-0.2, -0.15) is 0 Å². The molecule has 2 atom stereocenters. The molecule has 0 N–H and O–H groups in total. The fraction of sp³-hybridized carbons (Fsp3) is 0.323. The summed E-state index contributed by atoms with van der Waals surface area (Å²) >= 11 is 0. The Morgan fingerprint density at radius 1 is 0.472 bits per heavy atom. The number of carbonyl (C=O) groups excluding carboxylic acids is 2. The highest BCUT2D eigenvalue weighted by Gasteiger charge is 2.54. The molecule has 2 unspecified atom stereocenters. The molecule has 0 saturated heterocycles. The molecule has 4 heterocycles. The van der Waals surface area contributed by atoms with E-state index in [1.807, 2.05) is 48.5 Å². The second kappa shape index (κ2) is 19.6. The zero-order chi connectivity index (χ0) is 50.3. The molecule has 10 heteroatoms. The molecule has 0 saturated carbocycles. The third kappa shape index (κ3) is 7.51. The fourth-order valence-electron chi connectivity index (χ4n) is 12.0. The van der Waals surface area contributed by atoms with Gasteiger partial charge in [-0.15, -0.1) is 0 Å². The molecule has 0 radical (unpaired) electrons. The minimum atomic E-state index is -1.27. The maximum absolute atomic E-state index is 14.1. The Hall–Kier alpha value is -7.46. The predicted molar refractivity (Wildman–Crippen MR) is 288 cm³/mol. The predicted octanol–water partition coefficient (Wildman–Crippen LogP) is 13.1. The van der Waals surface area contributed by atoms with Gasteiger partial charge in [-0.25, -0.2) is 9.59 Å². The number of carbonyl (C=O) groups is 2. The average molecular weight is 963 g/mol. The summed E-state index contributed by atoms with van der Waals surface area (Å²) in [5.41, 5.74) is 9.91. The Labute approximate surface area is 423 Å². The fourth-order valence-corrected chi connectivity index (χ4v) is 12.0. The lowest BCUT2D eigenvalue weighted by Crippen LogP contribution is -2.32. The number of anilines is 2. The molecule has 10 nitrogen and oxygen atoms in total. The number of esters is 2.